The van der Waals surface area contributed by atoms with E-state index in [0.29, 0.717) is 61.0 Å². The zero-order valence-corrected chi connectivity index (χ0v) is 19.7. The molecule has 1 spiro atoms. The number of ether oxygens (including phenoxy) is 1. The fourth-order valence-electron chi connectivity index (χ4n) is 5.26. The van der Waals surface area contributed by atoms with Gasteiger partial charge in [-0.3, -0.25) is 14.4 Å². The Hall–Kier alpha value is -3.06. The number of hydrogen-bond donors (Lipinski definition) is 1. The summed E-state index contributed by atoms with van der Waals surface area (Å²) in [6.07, 6.45) is 3.00. The van der Waals surface area contributed by atoms with Crippen LogP contribution < -0.4 is 10.1 Å². The van der Waals surface area contributed by atoms with Crippen LogP contribution in [-0.4, -0.2) is 59.3 Å². The van der Waals surface area contributed by atoms with Crippen LogP contribution in [0.5, 0.6) is 5.75 Å². The van der Waals surface area contributed by atoms with Gasteiger partial charge in [-0.1, -0.05) is 35.9 Å². The number of rotatable bonds is 2. The first kappa shape index (κ1) is 22.7. The number of amides is 3. The van der Waals surface area contributed by atoms with Gasteiger partial charge >= 0.3 is 0 Å². The first-order valence-corrected chi connectivity index (χ1v) is 12.2. The molecule has 7 nitrogen and oxygen atoms in total. The van der Waals surface area contributed by atoms with Gasteiger partial charge in [0.05, 0.1) is 28.6 Å². The van der Waals surface area contributed by atoms with E-state index >= 15 is 0 Å². The van der Waals surface area contributed by atoms with E-state index in [1.54, 1.807) is 29.2 Å². The van der Waals surface area contributed by atoms with Crippen LogP contribution in [0.25, 0.3) is 0 Å². The smallest absolute Gasteiger partial charge is 0.255 e. The molecule has 5 rings (SSSR count). The molecular formula is C26H28ClN3O4. The quantitative estimate of drug-likeness (QED) is 0.703. The molecular weight excluding hydrogens is 454 g/mol. The van der Waals surface area contributed by atoms with E-state index in [4.69, 9.17) is 16.3 Å². The Morgan fingerprint density at radius 3 is 2.53 bits per heavy atom. The lowest BCUT2D eigenvalue weighted by Gasteiger charge is -2.42. The SMILES string of the molecule is O=C1CC2(CCN(C(=O)C3CCCN(C(=O)c4ccccc4Cl)C3)CC2)Oc2ccccc2N1. The zero-order chi connectivity index (χ0) is 23.7. The number of para-hydroxylation sites is 2. The first-order valence-electron chi connectivity index (χ1n) is 11.8. The number of halogens is 1. The number of carbonyl (C=O) groups excluding carboxylic acids is 3. The summed E-state index contributed by atoms with van der Waals surface area (Å²) >= 11 is 6.22. The Balaban J connectivity index is 1.23. The number of likely N-dealkylation sites (tertiary alicyclic amines) is 2. The maximum atomic E-state index is 13.4. The molecule has 34 heavy (non-hydrogen) atoms. The van der Waals surface area contributed by atoms with E-state index in [-0.39, 0.29) is 30.1 Å². The summed E-state index contributed by atoms with van der Waals surface area (Å²) in [4.78, 5) is 42.5. The van der Waals surface area contributed by atoms with E-state index < -0.39 is 5.60 Å². The summed E-state index contributed by atoms with van der Waals surface area (Å²) in [6.45, 7) is 2.09. The van der Waals surface area contributed by atoms with E-state index in [9.17, 15) is 14.4 Å². The highest BCUT2D eigenvalue weighted by Crippen LogP contribution is 2.38. The average Bonchev–Trinajstić information content (AvgIpc) is 2.99. The molecule has 2 aromatic carbocycles. The zero-order valence-electron chi connectivity index (χ0n) is 19.0. The second-order valence-corrected chi connectivity index (χ2v) is 9.81. The van der Waals surface area contributed by atoms with Crippen molar-refractivity contribution in [2.75, 3.05) is 31.5 Å². The standard InChI is InChI=1S/C26H28ClN3O4/c27-20-8-2-1-7-19(20)25(33)30-13-5-6-18(17-30)24(32)29-14-11-26(12-15-29)16-23(31)28-21-9-3-4-10-22(21)34-26/h1-4,7-10,18H,5-6,11-17H2,(H,28,31). The lowest BCUT2D eigenvalue weighted by Crippen LogP contribution is -2.53. The Kier molecular flexibility index (Phi) is 6.21. The number of carbonyl (C=O) groups is 3. The minimum absolute atomic E-state index is 0.0641. The molecule has 0 bridgehead atoms. The first-order chi connectivity index (χ1) is 16.4. The number of benzene rings is 2. The summed E-state index contributed by atoms with van der Waals surface area (Å²) in [5, 5.41) is 3.35. The Morgan fingerprint density at radius 1 is 1.00 bits per heavy atom. The number of hydrogen-bond acceptors (Lipinski definition) is 4. The molecule has 3 heterocycles. The molecule has 1 atom stereocenters. The summed E-state index contributed by atoms with van der Waals surface area (Å²) < 4.78 is 6.35. The molecule has 3 aliphatic rings. The van der Waals surface area contributed by atoms with Crippen molar-refractivity contribution in [3.05, 3.63) is 59.1 Å². The fraction of sp³-hybridized carbons (Fsp3) is 0.423. The summed E-state index contributed by atoms with van der Waals surface area (Å²) in [6, 6.07) is 14.5. The van der Waals surface area contributed by atoms with Crippen LogP contribution in [0, 0.1) is 5.92 Å². The highest BCUT2D eigenvalue weighted by atomic mass is 35.5. The maximum absolute atomic E-state index is 13.4. The van der Waals surface area contributed by atoms with Gasteiger partial charge in [0.1, 0.15) is 11.4 Å². The van der Waals surface area contributed by atoms with Gasteiger partial charge in [0.15, 0.2) is 0 Å². The molecule has 0 radical (unpaired) electrons. The van der Waals surface area contributed by atoms with Gasteiger partial charge in [-0.15, -0.1) is 0 Å². The van der Waals surface area contributed by atoms with Crippen LogP contribution in [0.3, 0.4) is 0 Å². The molecule has 178 valence electrons. The second-order valence-electron chi connectivity index (χ2n) is 9.40. The normalized spacial score (nSPS) is 21.8. The van der Waals surface area contributed by atoms with Gasteiger partial charge in [-0.25, -0.2) is 0 Å². The predicted octanol–water partition coefficient (Wildman–Crippen LogP) is 3.97. The van der Waals surface area contributed by atoms with Gasteiger partial charge in [-0.2, -0.15) is 0 Å². The summed E-state index contributed by atoms with van der Waals surface area (Å²) in [5.74, 6) is 0.329. The number of anilines is 1. The summed E-state index contributed by atoms with van der Waals surface area (Å²) in [5.41, 5.74) is 0.557. The van der Waals surface area contributed by atoms with E-state index in [2.05, 4.69) is 5.32 Å². The van der Waals surface area contributed by atoms with Crippen molar-refractivity contribution in [3.8, 4) is 5.75 Å². The van der Waals surface area contributed by atoms with Crippen molar-refractivity contribution in [2.45, 2.75) is 37.7 Å². The van der Waals surface area contributed by atoms with Gasteiger partial charge in [0.2, 0.25) is 11.8 Å². The molecule has 2 saturated heterocycles. The molecule has 0 aromatic heterocycles. The van der Waals surface area contributed by atoms with Crippen molar-refractivity contribution in [3.63, 3.8) is 0 Å². The van der Waals surface area contributed by atoms with Crippen molar-refractivity contribution in [2.24, 2.45) is 5.92 Å². The average molecular weight is 482 g/mol. The minimum Gasteiger partial charge on any atom is -0.484 e. The van der Waals surface area contributed by atoms with Crippen LogP contribution in [0.2, 0.25) is 5.02 Å². The second kappa shape index (κ2) is 9.29. The third kappa shape index (κ3) is 4.49. The van der Waals surface area contributed by atoms with Crippen LogP contribution in [-0.2, 0) is 9.59 Å². The van der Waals surface area contributed by atoms with Crippen molar-refractivity contribution < 1.29 is 19.1 Å². The Labute approximate surface area is 204 Å². The molecule has 8 heteroatoms. The Bertz CT molecular complexity index is 1110. The van der Waals surface area contributed by atoms with Crippen LogP contribution in [0.1, 0.15) is 42.5 Å². The van der Waals surface area contributed by atoms with Crippen LogP contribution >= 0.6 is 11.6 Å². The molecule has 3 amide bonds. The number of nitrogens with one attached hydrogen (secondary N) is 1. The topological polar surface area (TPSA) is 79.0 Å². The number of nitrogens with zero attached hydrogens (tertiary/aromatic N) is 2. The highest BCUT2D eigenvalue weighted by molar-refractivity contribution is 6.33. The lowest BCUT2D eigenvalue weighted by molar-refractivity contribution is -0.141. The monoisotopic (exact) mass is 481 g/mol. The third-order valence-corrected chi connectivity index (χ3v) is 7.45. The number of fused-ring (bicyclic) bond motifs is 1. The molecule has 1 N–H and O–H groups in total. The van der Waals surface area contributed by atoms with Crippen molar-refractivity contribution in [1.29, 1.82) is 0 Å². The maximum Gasteiger partial charge on any atom is 0.255 e. The van der Waals surface area contributed by atoms with E-state index in [1.165, 1.54) is 0 Å². The van der Waals surface area contributed by atoms with Gasteiger partial charge in [0.25, 0.3) is 5.91 Å². The molecule has 0 aliphatic carbocycles. The molecule has 1 unspecified atom stereocenters. The van der Waals surface area contributed by atoms with Gasteiger partial charge in [-0.05, 0) is 37.1 Å². The molecule has 2 aromatic rings. The fourth-order valence-corrected chi connectivity index (χ4v) is 5.47. The van der Waals surface area contributed by atoms with Gasteiger partial charge in [0, 0.05) is 39.0 Å². The molecule has 3 aliphatic heterocycles. The lowest BCUT2D eigenvalue weighted by atomic mass is 9.86. The minimum atomic E-state index is -0.605. The third-order valence-electron chi connectivity index (χ3n) is 7.12. The van der Waals surface area contributed by atoms with E-state index in [1.807, 2.05) is 29.2 Å². The summed E-state index contributed by atoms with van der Waals surface area (Å²) in [7, 11) is 0. The van der Waals surface area contributed by atoms with E-state index in [0.717, 1.165) is 12.8 Å². The van der Waals surface area contributed by atoms with Crippen LogP contribution in [0.15, 0.2) is 48.5 Å². The Morgan fingerprint density at radius 2 is 1.74 bits per heavy atom. The molecule has 0 saturated carbocycles. The molecule has 2 fully saturated rings. The van der Waals surface area contributed by atoms with Gasteiger partial charge < -0.3 is 19.9 Å². The highest BCUT2D eigenvalue weighted by Gasteiger charge is 2.43. The van der Waals surface area contributed by atoms with Crippen molar-refractivity contribution in [1.82, 2.24) is 9.80 Å². The number of piperidine rings is 2. The largest absolute Gasteiger partial charge is 0.484 e. The predicted molar refractivity (Wildman–Crippen MR) is 129 cm³/mol. The van der Waals surface area contributed by atoms with Crippen LogP contribution in [0.4, 0.5) is 5.69 Å². The van der Waals surface area contributed by atoms with Crippen molar-refractivity contribution >= 4 is 35.0 Å².